The summed E-state index contributed by atoms with van der Waals surface area (Å²) in [6.07, 6.45) is 3.27. The summed E-state index contributed by atoms with van der Waals surface area (Å²) < 4.78 is 42.5. The molecule has 7 heteroatoms. The molecule has 3 heterocycles. The predicted octanol–water partition coefficient (Wildman–Crippen LogP) is 6.99. The molecule has 6 rings (SSSR count). The van der Waals surface area contributed by atoms with Crippen LogP contribution in [0.2, 0.25) is 0 Å². The lowest BCUT2D eigenvalue weighted by molar-refractivity contribution is -0.168. The number of para-hydroxylation sites is 1. The van der Waals surface area contributed by atoms with Gasteiger partial charge in [0.2, 0.25) is 0 Å². The molecule has 3 aromatic heterocycles. The fraction of sp³-hybridized carbons (Fsp3) is 0.138. The quantitative estimate of drug-likeness (QED) is 0.254. The summed E-state index contributed by atoms with van der Waals surface area (Å²) in [5, 5.41) is 2.33. The Bertz CT molecular complexity index is 1780. The number of hydrogen-bond donors (Lipinski definition) is 0. The van der Waals surface area contributed by atoms with Gasteiger partial charge in [-0.15, -0.1) is 0 Å². The van der Waals surface area contributed by atoms with Crippen LogP contribution in [0.1, 0.15) is 6.92 Å². The monoisotopic (exact) mass is 483 g/mol. The van der Waals surface area contributed by atoms with E-state index in [1.807, 2.05) is 48.5 Å². The number of pyridine rings is 3. The van der Waals surface area contributed by atoms with Crippen LogP contribution in [0.25, 0.3) is 49.5 Å². The molecule has 0 N–H and O–H groups in total. The summed E-state index contributed by atoms with van der Waals surface area (Å²) in [6.45, 7) is 1.52. The van der Waals surface area contributed by atoms with Gasteiger partial charge in [-0.2, -0.15) is 13.2 Å². The SMILES string of the molecule is CC1C=CC(n2c(=O)ccc3cnc4ccc(-c5cnc6ccccc6c5)cc4c32)=CC1C(F)(F)F. The molecule has 0 amide bonds. The van der Waals surface area contributed by atoms with Crippen LogP contribution in [0.15, 0.2) is 96.1 Å². The molecular formula is C29H20F3N3O. The van der Waals surface area contributed by atoms with Crippen LogP contribution >= 0.6 is 0 Å². The summed E-state index contributed by atoms with van der Waals surface area (Å²) in [7, 11) is 0. The minimum absolute atomic E-state index is 0.205. The molecule has 5 aromatic rings. The van der Waals surface area contributed by atoms with Crippen molar-refractivity contribution >= 4 is 38.4 Å². The third kappa shape index (κ3) is 3.68. The Morgan fingerprint density at radius 2 is 1.67 bits per heavy atom. The maximum Gasteiger partial charge on any atom is 0.395 e. The molecule has 0 radical (unpaired) electrons. The molecule has 0 spiro atoms. The van der Waals surface area contributed by atoms with E-state index >= 15 is 0 Å². The van der Waals surface area contributed by atoms with E-state index in [1.165, 1.54) is 23.6 Å². The number of nitrogens with zero attached hydrogens (tertiary/aromatic N) is 3. The van der Waals surface area contributed by atoms with Crippen LogP contribution in [0.5, 0.6) is 0 Å². The zero-order valence-corrected chi connectivity index (χ0v) is 19.2. The van der Waals surface area contributed by atoms with E-state index in [0.29, 0.717) is 21.8 Å². The molecule has 36 heavy (non-hydrogen) atoms. The summed E-state index contributed by atoms with van der Waals surface area (Å²) in [5.74, 6) is -2.39. The van der Waals surface area contributed by atoms with Gasteiger partial charge < -0.3 is 0 Å². The number of hydrogen-bond acceptors (Lipinski definition) is 3. The summed E-state index contributed by atoms with van der Waals surface area (Å²) in [4.78, 5) is 22.2. The van der Waals surface area contributed by atoms with E-state index in [4.69, 9.17) is 0 Å². The topological polar surface area (TPSA) is 47.8 Å². The number of halogens is 3. The van der Waals surface area contributed by atoms with Gasteiger partial charge in [0.05, 0.1) is 22.5 Å². The lowest BCUT2D eigenvalue weighted by atomic mass is 9.88. The molecule has 0 saturated carbocycles. The normalized spacial score (nSPS) is 18.2. The molecule has 0 saturated heterocycles. The zero-order valence-electron chi connectivity index (χ0n) is 19.2. The molecule has 0 aliphatic heterocycles. The van der Waals surface area contributed by atoms with Crippen molar-refractivity contribution in [3.05, 3.63) is 102 Å². The van der Waals surface area contributed by atoms with E-state index in [9.17, 15) is 18.0 Å². The number of aromatic nitrogens is 3. The van der Waals surface area contributed by atoms with Crippen molar-refractivity contribution in [1.29, 1.82) is 0 Å². The Hall–Kier alpha value is -4.26. The first-order valence-electron chi connectivity index (χ1n) is 11.6. The van der Waals surface area contributed by atoms with Crippen LogP contribution in [0, 0.1) is 11.8 Å². The van der Waals surface area contributed by atoms with Gasteiger partial charge in [0, 0.05) is 45.9 Å². The van der Waals surface area contributed by atoms with E-state index in [1.54, 1.807) is 24.5 Å². The van der Waals surface area contributed by atoms with Crippen LogP contribution < -0.4 is 5.56 Å². The molecule has 0 fully saturated rings. The first kappa shape index (κ1) is 22.2. The van der Waals surface area contributed by atoms with Crippen molar-refractivity contribution in [2.45, 2.75) is 13.1 Å². The third-order valence-electron chi connectivity index (χ3n) is 6.76. The third-order valence-corrected chi connectivity index (χ3v) is 6.76. The van der Waals surface area contributed by atoms with Crippen molar-refractivity contribution in [1.82, 2.24) is 14.5 Å². The van der Waals surface area contributed by atoms with Gasteiger partial charge in [-0.05, 0) is 54.0 Å². The molecule has 2 unspecified atom stereocenters. The highest BCUT2D eigenvalue weighted by molar-refractivity contribution is 6.06. The lowest BCUT2D eigenvalue weighted by Gasteiger charge is -2.26. The predicted molar refractivity (Wildman–Crippen MR) is 136 cm³/mol. The van der Waals surface area contributed by atoms with Crippen molar-refractivity contribution in [3.63, 3.8) is 0 Å². The first-order valence-corrected chi connectivity index (χ1v) is 11.6. The molecule has 2 aromatic carbocycles. The second kappa shape index (κ2) is 8.16. The zero-order chi connectivity index (χ0) is 25.0. The molecule has 4 nitrogen and oxygen atoms in total. The van der Waals surface area contributed by atoms with Gasteiger partial charge in [0.15, 0.2) is 0 Å². The van der Waals surface area contributed by atoms with Gasteiger partial charge in [-0.25, -0.2) is 0 Å². The smallest absolute Gasteiger partial charge is 0.276 e. The fourth-order valence-electron chi connectivity index (χ4n) is 4.88. The van der Waals surface area contributed by atoms with Crippen molar-refractivity contribution in [2.75, 3.05) is 0 Å². The summed E-state index contributed by atoms with van der Waals surface area (Å²) in [6, 6.07) is 18.6. The van der Waals surface area contributed by atoms with Crippen molar-refractivity contribution in [3.8, 4) is 11.1 Å². The molecule has 178 valence electrons. The van der Waals surface area contributed by atoms with Crippen LogP contribution in [0.3, 0.4) is 0 Å². The van der Waals surface area contributed by atoms with E-state index in [-0.39, 0.29) is 5.70 Å². The largest absolute Gasteiger partial charge is 0.395 e. The van der Waals surface area contributed by atoms with Crippen molar-refractivity contribution in [2.24, 2.45) is 11.8 Å². The molecular weight excluding hydrogens is 463 g/mol. The first-order chi connectivity index (χ1) is 17.3. The van der Waals surface area contributed by atoms with E-state index in [0.717, 1.165) is 28.1 Å². The van der Waals surface area contributed by atoms with Gasteiger partial charge >= 0.3 is 6.18 Å². The molecule has 0 bridgehead atoms. The molecule has 1 aliphatic carbocycles. The Morgan fingerprint density at radius 1 is 0.861 bits per heavy atom. The molecule has 2 atom stereocenters. The summed E-state index contributed by atoms with van der Waals surface area (Å²) in [5.41, 5.74) is 3.60. The number of rotatable bonds is 2. The minimum Gasteiger partial charge on any atom is -0.276 e. The second-order valence-electron chi connectivity index (χ2n) is 9.09. The van der Waals surface area contributed by atoms with Crippen LogP contribution in [-0.2, 0) is 0 Å². The maximum absolute atomic E-state index is 13.7. The minimum atomic E-state index is -4.41. The van der Waals surface area contributed by atoms with Crippen molar-refractivity contribution < 1.29 is 13.2 Å². The van der Waals surface area contributed by atoms with Crippen LogP contribution in [-0.4, -0.2) is 20.7 Å². The lowest BCUT2D eigenvalue weighted by Crippen LogP contribution is -2.30. The highest BCUT2D eigenvalue weighted by atomic mass is 19.4. The van der Waals surface area contributed by atoms with Crippen LogP contribution in [0.4, 0.5) is 13.2 Å². The van der Waals surface area contributed by atoms with Gasteiger partial charge in [0.25, 0.3) is 5.56 Å². The van der Waals surface area contributed by atoms with E-state index in [2.05, 4.69) is 9.97 Å². The highest BCUT2D eigenvalue weighted by Gasteiger charge is 2.42. The van der Waals surface area contributed by atoms with Gasteiger partial charge in [-0.1, -0.05) is 37.3 Å². The molecule has 1 aliphatic rings. The number of benzene rings is 2. The van der Waals surface area contributed by atoms with E-state index < -0.39 is 23.6 Å². The standard InChI is InChI=1S/C29H20F3N3O/c1-17-6-9-22(14-24(17)29(30,31)32)35-27(36)11-8-20-15-34-26-10-7-18(13-23(26)28(20)35)21-12-19-4-2-3-5-25(19)33-16-21/h2-17,24H,1H3. The summed E-state index contributed by atoms with van der Waals surface area (Å²) >= 11 is 0. The number of allylic oxidation sites excluding steroid dienone is 4. The number of fused-ring (bicyclic) bond motifs is 4. The second-order valence-corrected chi connectivity index (χ2v) is 9.09. The Balaban J connectivity index is 1.61. The average molecular weight is 483 g/mol. The maximum atomic E-state index is 13.7. The van der Waals surface area contributed by atoms with Gasteiger partial charge in [0.1, 0.15) is 0 Å². The number of alkyl halides is 3. The highest BCUT2D eigenvalue weighted by Crippen LogP contribution is 2.39. The average Bonchev–Trinajstić information content (AvgIpc) is 2.88. The van der Waals surface area contributed by atoms with Gasteiger partial charge in [-0.3, -0.25) is 19.3 Å². The Kier molecular flexibility index (Phi) is 5.03. The fourth-order valence-corrected chi connectivity index (χ4v) is 4.88. The Morgan fingerprint density at radius 3 is 2.50 bits per heavy atom. The Labute approximate surface area is 204 Å².